The first-order valence-corrected chi connectivity index (χ1v) is 9.79. The zero-order valence-corrected chi connectivity index (χ0v) is 15.6. The Morgan fingerprint density at radius 3 is 2.88 bits per heavy atom. The van der Waals surface area contributed by atoms with Crippen LogP contribution in [0, 0.1) is 0 Å². The summed E-state index contributed by atoms with van der Waals surface area (Å²) in [5.41, 5.74) is 0. The molecule has 0 saturated carbocycles. The summed E-state index contributed by atoms with van der Waals surface area (Å²) in [7, 11) is 0. The fraction of sp³-hybridized carbons (Fsp3) is 0.500. The molecule has 0 aromatic carbocycles. The molecule has 3 heterocycles. The van der Waals surface area contributed by atoms with Crippen LogP contribution in [-0.4, -0.2) is 64.4 Å². The van der Waals surface area contributed by atoms with Crippen LogP contribution in [0.1, 0.15) is 13.8 Å². The molecule has 9 heteroatoms. The Morgan fingerprint density at radius 2 is 2.12 bits per heavy atom. The number of aromatic nitrogens is 2. The van der Waals surface area contributed by atoms with Crippen molar-refractivity contribution in [3.63, 3.8) is 0 Å². The van der Waals surface area contributed by atoms with Gasteiger partial charge in [-0.3, -0.25) is 9.59 Å². The highest BCUT2D eigenvalue weighted by Gasteiger charge is 2.26. The van der Waals surface area contributed by atoms with Crippen molar-refractivity contribution in [1.82, 2.24) is 14.9 Å². The highest BCUT2D eigenvalue weighted by Crippen LogP contribution is 2.27. The summed E-state index contributed by atoms with van der Waals surface area (Å²) < 4.78 is 10.7. The minimum atomic E-state index is -0.435. The van der Waals surface area contributed by atoms with E-state index in [9.17, 15) is 9.59 Å². The van der Waals surface area contributed by atoms with Crippen molar-refractivity contribution in [2.75, 3.05) is 25.4 Å². The summed E-state index contributed by atoms with van der Waals surface area (Å²) in [4.78, 5) is 35.0. The summed E-state index contributed by atoms with van der Waals surface area (Å²) in [5.74, 6) is -0.525. The Morgan fingerprint density at radius 1 is 1.36 bits per heavy atom. The Hall–Kier alpha value is -1.71. The molecule has 1 amide bonds. The van der Waals surface area contributed by atoms with Crippen LogP contribution in [0.4, 0.5) is 0 Å². The van der Waals surface area contributed by atoms with E-state index < -0.39 is 5.97 Å². The number of amides is 1. The lowest BCUT2D eigenvalue weighted by Crippen LogP contribution is -2.49. The zero-order chi connectivity index (χ0) is 17.8. The number of morpholine rings is 1. The van der Waals surface area contributed by atoms with Crippen molar-refractivity contribution in [3.8, 4) is 0 Å². The van der Waals surface area contributed by atoms with Gasteiger partial charge in [0.15, 0.2) is 6.61 Å². The number of thiophene rings is 1. The number of carbonyl (C=O) groups excluding carboxylic acids is 2. The first kappa shape index (κ1) is 18.1. The molecule has 1 saturated heterocycles. The predicted molar refractivity (Wildman–Crippen MR) is 95.7 cm³/mol. The molecular weight excluding hydrogens is 362 g/mol. The van der Waals surface area contributed by atoms with Crippen molar-refractivity contribution in [2.45, 2.75) is 31.1 Å². The molecule has 0 aliphatic carbocycles. The normalized spacial score (nSPS) is 20.6. The van der Waals surface area contributed by atoms with Crippen LogP contribution in [0.3, 0.4) is 0 Å². The van der Waals surface area contributed by atoms with E-state index in [1.165, 1.54) is 29.4 Å². The van der Waals surface area contributed by atoms with Gasteiger partial charge in [0.2, 0.25) is 0 Å². The quantitative estimate of drug-likeness (QED) is 0.445. The predicted octanol–water partition coefficient (Wildman–Crippen LogP) is 1.96. The highest BCUT2D eigenvalue weighted by atomic mass is 32.2. The lowest BCUT2D eigenvalue weighted by molar-refractivity contribution is -0.155. The van der Waals surface area contributed by atoms with Crippen LogP contribution in [0.25, 0.3) is 10.2 Å². The second kappa shape index (κ2) is 8.11. The lowest BCUT2D eigenvalue weighted by atomic mass is 10.2. The van der Waals surface area contributed by atoms with Gasteiger partial charge in [-0.05, 0) is 25.3 Å². The summed E-state index contributed by atoms with van der Waals surface area (Å²) >= 11 is 2.81. The van der Waals surface area contributed by atoms with E-state index in [1.54, 1.807) is 4.90 Å². The van der Waals surface area contributed by atoms with Gasteiger partial charge in [-0.15, -0.1) is 11.3 Å². The van der Waals surface area contributed by atoms with Crippen molar-refractivity contribution >= 4 is 45.2 Å². The molecule has 0 bridgehead atoms. The van der Waals surface area contributed by atoms with Crippen LogP contribution in [0.5, 0.6) is 0 Å². The monoisotopic (exact) mass is 381 g/mol. The minimum absolute atomic E-state index is 0.00950. The van der Waals surface area contributed by atoms with Gasteiger partial charge in [-0.2, -0.15) is 0 Å². The summed E-state index contributed by atoms with van der Waals surface area (Å²) in [6.45, 7) is 4.65. The molecule has 1 aliphatic rings. The highest BCUT2D eigenvalue weighted by molar-refractivity contribution is 8.00. The first-order valence-electron chi connectivity index (χ1n) is 7.93. The molecule has 2 aromatic rings. The third kappa shape index (κ3) is 4.68. The second-order valence-corrected chi connectivity index (χ2v) is 7.68. The fourth-order valence-electron chi connectivity index (χ4n) is 2.67. The van der Waals surface area contributed by atoms with Crippen LogP contribution >= 0.6 is 23.1 Å². The number of ether oxygens (including phenoxy) is 2. The number of esters is 1. The molecule has 0 radical (unpaired) electrons. The number of hydrogen-bond acceptors (Lipinski definition) is 8. The maximum atomic E-state index is 12.2. The van der Waals surface area contributed by atoms with Crippen molar-refractivity contribution < 1.29 is 19.1 Å². The van der Waals surface area contributed by atoms with Gasteiger partial charge < -0.3 is 14.4 Å². The lowest BCUT2D eigenvalue weighted by Gasteiger charge is -2.35. The number of thioether (sulfide) groups is 1. The molecule has 3 rings (SSSR count). The average Bonchev–Trinajstić information content (AvgIpc) is 3.06. The maximum absolute atomic E-state index is 12.2. The van der Waals surface area contributed by atoms with E-state index in [4.69, 9.17) is 9.47 Å². The number of rotatable bonds is 5. The molecule has 2 aromatic heterocycles. The summed E-state index contributed by atoms with van der Waals surface area (Å²) in [5, 5.41) is 3.60. The van der Waals surface area contributed by atoms with Gasteiger partial charge in [0, 0.05) is 18.5 Å². The fourth-order valence-corrected chi connectivity index (χ4v) is 4.24. The SMILES string of the molecule is C[C@@H]1CN(C(=O)COC(=O)CSc2ncnc3sccc23)C[C@H](C)O1. The zero-order valence-electron chi connectivity index (χ0n) is 14.0. The van der Waals surface area contributed by atoms with Gasteiger partial charge in [0.1, 0.15) is 16.2 Å². The van der Waals surface area contributed by atoms with Crippen LogP contribution in [0.2, 0.25) is 0 Å². The molecule has 2 atom stereocenters. The molecule has 25 heavy (non-hydrogen) atoms. The Labute approximate surface area is 153 Å². The molecule has 1 fully saturated rings. The molecule has 1 aliphatic heterocycles. The van der Waals surface area contributed by atoms with Gasteiger partial charge in [-0.1, -0.05) is 11.8 Å². The Kier molecular flexibility index (Phi) is 5.87. The summed E-state index contributed by atoms with van der Waals surface area (Å²) in [6.07, 6.45) is 1.46. The van der Waals surface area contributed by atoms with E-state index in [0.717, 1.165) is 15.2 Å². The van der Waals surface area contributed by atoms with Gasteiger partial charge in [0.25, 0.3) is 5.91 Å². The Balaban J connectivity index is 1.46. The maximum Gasteiger partial charge on any atom is 0.316 e. The van der Waals surface area contributed by atoms with Crippen molar-refractivity contribution in [3.05, 3.63) is 17.8 Å². The molecule has 7 nitrogen and oxygen atoms in total. The van der Waals surface area contributed by atoms with Gasteiger partial charge in [-0.25, -0.2) is 9.97 Å². The van der Waals surface area contributed by atoms with Crippen molar-refractivity contribution in [2.24, 2.45) is 0 Å². The Bertz CT molecular complexity index is 757. The molecule has 0 spiro atoms. The first-order chi connectivity index (χ1) is 12.0. The van der Waals surface area contributed by atoms with Gasteiger partial charge >= 0.3 is 5.97 Å². The molecular formula is C16H19N3O4S2. The number of fused-ring (bicyclic) bond motifs is 1. The van der Waals surface area contributed by atoms with Crippen LogP contribution in [-0.2, 0) is 19.1 Å². The van der Waals surface area contributed by atoms with E-state index in [2.05, 4.69) is 9.97 Å². The largest absolute Gasteiger partial charge is 0.455 e. The number of nitrogens with zero attached hydrogens (tertiary/aromatic N) is 3. The smallest absolute Gasteiger partial charge is 0.316 e. The third-order valence-electron chi connectivity index (χ3n) is 3.68. The number of hydrogen-bond donors (Lipinski definition) is 0. The molecule has 0 unspecified atom stereocenters. The second-order valence-electron chi connectivity index (χ2n) is 5.82. The van der Waals surface area contributed by atoms with Crippen LogP contribution < -0.4 is 0 Å². The molecule has 134 valence electrons. The van der Waals surface area contributed by atoms with E-state index in [1.807, 2.05) is 25.3 Å². The van der Waals surface area contributed by atoms with E-state index in [0.29, 0.717) is 13.1 Å². The van der Waals surface area contributed by atoms with Crippen LogP contribution in [0.15, 0.2) is 22.8 Å². The third-order valence-corrected chi connectivity index (χ3v) is 5.48. The van der Waals surface area contributed by atoms with Crippen molar-refractivity contribution in [1.29, 1.82) is 0 Å². The van der Waals surface area contributed by atoms with E-state index in [-0.39, 0.29) is 30.5 Å². The van der Waals surface area contributed by atoms with E-state index >= 15 is 0 Å². The topological polar surface area (TPSA) is 81.6 Å². The average molecular weight is 381 g/mol. The minimum Gasteiger partial charge on any atom is -0.455 e. The number of carbonyl (C=O) groups is 2. The standard InChI is InChI=1S/C16H19N3O4S2/c1-10-5-19(6-11(2)23-10)13(20)7-22-14(21)8-25-16-12-3-4-24-15(12)17-9-18-16/h3-4,9-11H,5-8H2,1-2H3/t10-,11+. The summed E-state index contributed by atoms with van der Waals surface area (Å²) in [6, 6.07) is 1.93. The van der Waals surface area contributed by atoms with Gasteiger partial charge in [0.05, 0.1) is 18.0 Å². The molecule has 0 N–H and O–H groups in total.